The lowest BCUT2D eigenvalue weighted by Gasteiger charge is -2.22. The van der Waals surface area contributed by atoms with E-state index in [0.717, 1.165) is 28.0 Å². The maximum Gasteiger partial charge on any atom is 0.481 e. The van der Waals surface area contributed by atoms with E-state index in [0.29, 0.717) is 0 Å². The van der Waals surface area contributed by atoms with Crippen LogP contribution in [0.2, 0.25) is 0 Å². The number of rotatable bonds is 13. The van der Waals surface area contributed by atoms with Crippen LogP contribution in [-0.2, 0) is 41.1 Å². The Morgan fingerprint density at radius 2 is 1.60 bits per heavy atom. The number of aromatic carboxylic acids is 1. The summed E-state index contributed by atoms with van der Waals surface area (Å²) in [7, 11) is -16.3. The molecule has 0 aromatic carbocycles. The van der Waals surface area contributed by atoms with E-state index in [-0.39, 0.29) is 22.5 Å². The van der Waals surface area contributed by atoms with E-state index in [1.54, 1.807) is 0 Å². The van der Waals surface area contributed by atoms with Gasteiger partial charge in [0.15, 0.2) is 36.2 Å². The number of anilines is 1. The SMILES string of the molecule is Nc1ncnc2c1ncn2C1OC(COP(=O)(O)OP(=O)(O)OCC2OC([n+]3cccc(C(=O)O)c3)[C@H](O)[C@@H]2O)[C@@H](O)[C@H]1OP(=O)(O)O. The van der Waals surface area contributed by atoms with Crippen molar-refractivity contribution >= 4 is 46.4 Å². The minimum absolute atomic E-state index is 0.00214. The third-order valence-corrected chi connectivity index (χ3v) is 10.1. The van der Waals surface area contributed by atoms with Gasteiger partial charge in [0.25, 0.3) is 6.23 Å². The number of pyridine rings is 1. The average molecular weight is 745 g/mol. The van der Waals surface area contributed by atoms with Crippen LogP contribution in [0.4, 0.5) is 5.82 Å². The molecule has 2 saturated heterocycles. The number of carboxylic acid groups (broad SMARTS) is 1. The fourth-order valence-electron chi connectivity index (χ4n) is 4.81. The van der Waals surface area contributed by atoms with Gasteiger partial charge < -0.3 is 55.2 Å². The molecule has 0 aliphatic carbocycles. The van der Waals surface area contributed by atoms with Crippen molar-refractivity contribution in [2.75, 3.05) is 18.9 Å². The Hall–Kier alpha value is -2.86. The van der Waals surface area contributed by atoms with Crippen LogP contribution in [0.5, 0.6) is 0 Å². The van der Waals surface area contributed by atoms with E-state index in [1.807, 2.05) is 0 Å². The number of phosphoric ester groups is 3. The van der Waals surface area contributed by atoms with Crippen molar-refractivity contribution in [1.29, 1.82) is 0 Å². The van der Waals surface area contributed by atoms with E-state index in [9.17, 15) is 58.5 Å². The molecule has 0 radical (unpaired) electrons. The van der Waals surface area contributed by atoms with E-state index in [1.165, 1.54) is 18.3 Å². The van der Waals surface area contributed by atoms with Crippen LogP contribution in [0.25, 0.3) is 11.2 Å². The Morgan fingerprint density at radius 1 is 0.958 bits per heavy atom. The molecule has 10 N–H and O–H groups in total. The lowest BCUT2D eigenvalue weighted by atomic mass is 10.1. The van der Waals surface area contributed by atoms with Crippen LogP contribution in [0.1, 0.15) is 22.8 Å². The molecule has 10 atom stereocenters. The van der Waals surface area contributed by atoms with Gasteiger partial charge in [0.2, 0.25) is 0 Å². The molecule has 2 aliphatic heterocycles. The number of nitrogens with zero attached hydrogens (tertiary/aromatic N) is 5. The zero-order valence-electron chi connectivity index (χ0n) is 23.8. The highest BCUT2D eigenvalue weighted by atomic mass is 31.3. The van der Waals surface area contributed by atoms with Gasteiger partial charge in [-0.3, -0.25) is 18.1 Å². The molecule has 3 aromatic heterocycles. The topological polar surface area (TPSA) is 359 Å². The summed E-state index contributed by atoms with van der Waals surface area (Å²) >= 11 is 0. The number of hydrogen-bond donors (Lipinski definition) is 9. The summed E-state index contributed by atoms with van der Waals surface area (Å²) in [5.74, 6) is -1.35. The zero-order valence-corrected chi connectivity index (χ0v) is 26.5. The highest BCUT2D eigenvalue weighted by molar-refractivity contribution is 7.61. The average Bonchev–Trinajstić information content (AvgIpc) is 3.64. The van der Waals surface area contributed by atoms with Gasteiger partial charge in [-0.15, -0.1) is 0 Å². The molecule has 3 aromatic rings. The molecular formula is C21H28N6O18P3+. The van der Waals surface area contributed by atoms with Gasteiger partial charge in [-0.2, -0.15) is 8.88 Å². The minimum Gasteiger partial charge on any atom is -0.477 e. The van der Waals surface area contributed by atoms with Crippen LogP contribution < -0.4 is 10.3 Å². The fraction of sp³-hybridized carbons (Fsp3) is 0.476. The smallest absolute Gasteiger partial charge is 0.477 e. The maximum absolute atomic E-state index is 12.6. The number of aliphatic hydroxyl groups excluding tert-OH is 3. The minimum atomic E-state index is -5.54. The molecule has 2 fully saturated rings. The van der Waals surface area contributed by atoms with Gasteiger partial charge in [0, 0.05) is 6.07 Å². The summed E-state index contributed by atoms with van der Waals surface area (Å²) in [5.41, 5.74) is 5.63. The molecule has 2 aliphatic rings. The molecule has 5 heterocycles. The first-order valence-electron chi connectivity index (χ1n) is 13.3. The Kier molecular flexibility index (Phi) is 10.5. The third kappa shape index (κ3) is 8.12. The van der Waals surface area contributed by atoms with Gasteiger partial charge in [-0.25, -0.2) is 33.4 Å². The van der Waals surface area contributed by atoms with Gasteiger partial charge in [-0.05, 0) is 6.07 Å². The van der Waals surface area contributed by atoms with Crippen molar-refractivity contribution in [3.63, 3.8) is 0 Å². The number of imidazole rings is 1. The van der Waals surface area contributed by atoms with Crippen LogP contribution in [0.15, 0.2) is 37.2 Å². The van der Waals surface area contributed by atoms with Crippen molar-refractivity contribution in [2.24, 2.45) is 0 Å². The lowest BCUT2D eigenvalue weighted by molar-refractivity contribution is -0.765. The van der Waals surface area contributed by atoms with E-state index in [4.69, 9.17) is 15.2 Å². The second-order valence-corrected chi connectivity index (χ2v) is 14.4. The van der Waals surface area contributed by atoms with Gasteiger partial charge in [0.05, 0.1) is 19.5 Å². The molecular weight excluding hydrogens is 717 g/mol. The molecule has 24 nitrogen and oxygen atoms in total. The highest BCUT2D eigenvalue weighted by Crippen LogP contribution is 2.61. The summed E-state index contributed by atoms with van der Waals surface area (Å²) in [6, 6.07) is 2.58. The molecule has 0 spiro atoms. The van der Waals surface area contributed by atoms with Crippen molar-refractivity contribution < 1.29 is 90.4 Å². The number of fused-ring (bicyclic) bond motifs is 1. The first kappa shape index (κ1) is 36.4. The van der Waals surface area contributed by atoms with Gasteiger partial charge in [0.1, 0.15) is 47.9 Å². The quantitative estimate of drug-likeness (QED) is 0.0656. The van der Waals surface area contributed by atoms with Crippen LogP contribution in [0, 0.1) is 0 Å². The summed E-state index contributed by atoms with van der Waals surface area (Å²) < 4.78 is 68.2. The number of phosphoric acid groups is 3. The molecule has 48 heavy (non-hydrogen) atoms. The lowest BCUT2D eigenvalue weighted by Crippen LogP contribution is -2.46. The molecule has 27 heteroatoms. The summed E-state index contributed by atoms with van der Waals surface area (Å²) in [6.07, 6.45) is -8.76. The number of nitrogens with two attached hydrogens (primary N) is 1. The number of aliphatic hydroxyl groups is 3. The first-order chi connectivity index (χ1) is 22.4. The highest BCUT2D eigenvalue weighted by Gasteiger charge is 2.51. The molecule has 0 bridgehead atoms. The standard InChI is InChI=1S/C21H27N6O18P3/c22-17-12-18(24-7-23-17)27(8-25-12)20-16(44-46(33,34)35)14(29)11(43-20)6-41-48(38,39)45-47(36,37)40-5-10-13(28)15(30)19(42-10)26-3-1-2-9(4-26)21(31)32/h1-4,7-8,10-11,13-16,19-20,28-30H,5-6H2,(H6-,22,23,24,31,32,33,34,35,36,37,38,39)/p+1/t10?,11?,13-,14-,15-,16-,19?,20?/m1/s1. The van der Waals surface area contributed by atoms with E-state index >= 15 is 0 Å². The monoisotopic (exact) mass is 745 g/mol. The second kappa shape index (κ2) is 13.8. The number of hydrogen-bond acceptors (Lipinski definition) is 17. The Bertz CT molecular complexity index is 1810. The van der Waals surface area contributed by atoms with Gasteiger partial charge in [-0.1, -0.05) is 0 Å². The predicted octanol–water partition coefficient (Wildman–Crippen LogP) is -2.30. The maximum atomic E-state index is 12.6. The molecule has 5 rings (SSSR count). The van der Waals surface area contributed by atoms with Gasteiger partial charge >= 0.3 is 29.4 Å². The molecule has 0 saturated carbocycles. The van der Waals surface area contributed by atoms with E-state index in [2.05, 4.69) is 32.8 Å². The van der Waals surface area contributed by atoms with Crippen LogP contribution in [-0.4, -0.2) is 115 Å². The first-order valence-corrected chi connectivity index (χ1v) is 17.8. The number of nitrogen functional groups attached to an aromatic ring is 1. The number of ether oxygens (including phenoxy) is 2. The third-order valence-electron chi connectivity index (χ3n) is 6.94. The number of carboxylic acids is 1. The van der Waals surface area contributed by atoms with Crippen LogP contribution in [0.3, 0.4) is 0 Å². The van der Waals surface area contributed by atoms with Crippen molar-refractivity contribution in [3.8, 4) is 0 Å². The fourth-order valence-corrected chi connectivity index (χ4v) is 7.45. The van der Waals surface area contributed by atoms with Crippen molar-refractivity contribution in [1.82, 2.24) is 19.5 Å². The summed E-state index contributed by atoms with van der Waals surface area (Å²) in [5, 5.41) is 40.6. The normalized spacial score (nSPS) is 30.3. The predicted molar refractivity (Wildman–Crippen MR) is 149 cm³/mol. The summed E-state index contributed by atoms with van der Waals surface area (Å²) in [4.78, 5) is 61.9. The number of aromatic nitrogens is 5. The Labute approximate surface area is 267 Å². The number of carbonyl (C=O) groups is 1. The second-order valence-electron chi connectivity index (χ2n) is 10.2. The molecule has 6 unspecified atom stereocenters. The Morgan fingerprint density at radius 3 is 2.23 bits per heavy atom. The molecule has 264 valence electrons. The summed E-state index contributed by atoms with van der Waals surface area (Å²) in [6.45, 7) is -2.07. The Balaban J connectivity index is 1.21. The zero-order chi connectivity index (χ0) is 35.2. The van der Waals surface area contributed by atoms with E-state index < -0.39 is 91.7 Å². The van der Waals surface area contributed by atoms with Crippen molar-refractivity contribution in [3.05, 3.63) is 42.7 Å². The molecule has 0 amide bonds. The largest absolute Gasteiger partial charge is 0.481 e. The van der Waals surface area contributed by atoms with Crippen LogP contribution >= 0.6 is 23.5 Å². The van der Waals surface area contributed by atoms with Crippen molar-refractivity contribution in [2.45, 2.75) is 49.1 Å².